The third kappa shape index (κ3) is 3.44. The highest BCUT2D eigenvalue weighted by Gasteiger charge is 2.32. The van der Waals surface area contributed by atoms with Crippen LogP contribution < -0.4 is 9.47 Å². The molecule has 0 fully saturated rings. The number of ether oxygens (including phenoxy) is 2. The summed E-state index contributed by atoms with van der Waals surface area (Å²) >= 11 is 0. The van der Waals surface area contributed by atoms with Crippen LogP contribution in [-0.4, -0.2) is 23.8 Å². The minimum Gasteiger partial charge on any atom is -0.481 e. The zero-order valence-electron chi connectivity index (χ0n) is 13.9. The number of rotatable bonds is 3. The van der Waals surface area contributed by atoms with Crippen molar-refractivity contribution >= 4 is 11.7 Å². The third-order valence-corrected chi connectivity index (χ3v) is 3.68. The number of pyridine rings is 1. The second-order valence-corrected chi connectivity index (χ2v) is 5.50. The van der Waals surface area contributed by atoms with E-state index >= 15 is 0 Å². The minimum atomic E-state index is -4.52. The van der Waals surface area contributed by atoms with Crippen LogP contribution in [0.3, 0.4) is 0 Å². The van der Waals surface area contributed by atoms with Gasteiger partial charge in [0.15, 0.2) is 0 Å². The first-order valence-corrected chi connectivity index (χ1v) is 7.54. The highest BCUT2D eigenvalue weighted by atomic mass is 19.4. The van der Waals surface area contributed by atoms with Gasteiger partial charge < -0.3 is 9.47 Å². The molecule has 0 atom stereocenters. The van der Waals surface area contributed by atoms with Crippen LogP contribution in [0.2, 0.25) is 0 Å². The van der Waals surface area contributed by atoms with Gasteiger partial charge in [-0.05, 0) is 43.3 Å². The molecule has 0 spiro atoms. The van der Waals surface area contributed by atoms with Crippen LogP contribution in [0.15, 0.2) is 53.2 Å². The Labute approximate surface area is 147 Å². The van der Waals surface area contributed by atoms with E-state index in [4.69, 9.17) is 14.9 Å². The highest BCUT2D eigenvalue weighted by molar-refractivity contribution is 6.14. The van der Waals surface area contributed by atoms with E-state index in [-0.39, 0.29) is 23.4 Å². The summed E-state index contributed by atoms with van der Waals surface area (Å²) in [7, 11) is 1.42. The molecule has 1 N–H and O–H groups in total. The second-order valence-electron chi connectivity index (χ2n) is 5.50. The van der Waals surface area contributed by atoms with Gasteiger partial charge in [0.1, 0.15) is 11.6 Å². The standard InChI is InChI=1S/C18H14F3N3O2/c1-10-8-15(22)24-16(10)26-14-9-11(18(19,20)21)5-6-12(14)13-4-3-7-23-17(13)25-2/h3-9,22H,1-2H3. The molecule has 2 heterocycles. The van der Waals surface area contributed by atoms with Crippen LogP contribution >= 0.6 is 0 Å². The Morgan fingerprint density at radius 2 is 1.88 bits per heavy atom. The first kappa shape index (κ1) is 17.7. The van der Waals surface area contributed by atoms with Crippen LogP contribution in [-0.2, 0) is 6.18 Å². The lowest BCUT2D eigenvalue weighted by Gasteiger charge is -2.16. The molecule has 0 bridgehead atoms. The molecule has 1 aromatic carbocycles. The normalized spacial score (nSPS) is 14.1. The zero-order chi connectivity index (χ0) is 18.9. The predicted molar refractivity (Wildman–Crippen MR) is 90.8 cm³/mol. The molecule has 0 amide bonds. The Kier molecular flexibility index (Phi) is 4.50. The number of alkyl halides is 3. The Bertz CT molecular complexity index is 934. The first-order valence-electron chi connectivity index (χ1n) is 7.54. The molecule has 0 saturated carbocycles. The average Bonchev–Trinajstić information content (AvgIpc) is 2.91. The molecule has 134 valence electrons. The number of hydrogen-bond acceptors (Lipinski definition) is 4. The van der Waals surface area contributed by atoms with Gasteiger partial charge in [0.2, 0.25) is 11.8 Å². The summed E-state index contributed by atoms with van der Waals surface area (Å²) in [4.78, 5) is 7.96. The van der Waals surface area contributed by atoms with E-state index in [2.05, 4.69) is 9.98 Å². The third-order valence-electron chi connectivity index (χ3n) is 3.68. The maximum absolute atomic E-state index is 13.1. The molecule has 0 radical (unpaired) electrons. The van der Waals surface area contributed by atoms with Crippen molar-refractivity contribution in [3.05, 3.63) is 53.7 Å². The number of benzene rings is 1. The number of nitrogens with one attached hydrogen (secondary N) is 1. The Morgan fingerprint density at radius 1 is 1.12 bits per heavy atom. The second kappa shape index (κ2) is 6.62. The summed E-state index contributed by atoms with van der Waals surface area (Å²) in [5.41, 5.74) is 0.553. The van der Waals surface area contributed by atoms with Crippen molar-refractivity contribution in [1.82, 2.24) is 4.98 Å². The fourth-order valence-electron chi connectivity index (χ4n) is 2.47. The van der Waals surface area contributed by atoms with E-state index in [9.17, 15) is 13.2 Å². The molecule has 1 aliphatic heterocycles. The predicted octanol–water partition coefficient (Wildman–Crippen LogP) is 4.49. The summed E-state index contributed by atoms with van der Waals surface area (Å²) in [5.74, 6) is 0.265. The van der Waals surface area contributed by atoms with Crippen LogP contribution in [0.1, 0.15) is 12.5 Å². The Morgan fingerprint density at radius 3 is 2.50 bits per heavy atom. The number of hydrogen-bond donors (Lipinski definition) is 1. The van der Waals surface area contributed by atoms with Gasteiger partial charge in [-0.2, -0.15) is 18.2 Å². The summed E-state index contributed by atoms with van der Waals surface area (Å²) in [6.07, 6.45) is -1.54. The Balaban J connectivity index is 2.14. The number of aromatic nitrogens is 1. The highest BCUT2D eigenvalue weighted by Crippen LogP contribution is 2.40. The van der Waals surface area contributed by atoms with Crippen LogP contribution in [0, 0.1) is 5.41 Å². The maximum atomic E-state index is 13.1. The molecule has 0 unspecified atom stereocenters. The lowest BCUT2D eigenvalue weighted by Crippen LogP contribution is -2.11. The van der Waals surface area contributed by atoms with Gasteiger partial charge in [0.25, 0.3) is 0 Å². The first-order chi connectivity index (χ1) is 12.3. The van der Waals surface area contributed by atoms with Crippen molar-refractivity contribution in [2.24, 2.45) is 4.99 Å². The number of nitrogens with zero attached hydrogens (tertiary/aromatic N) is 2. The molecule has 3 rings (SSSR count). The molecule has 0 aliphatic carbocycles. The van der Waals surface area contributed by atoms with Crippen molar-refractivity contribution in [1.29, 1.82) is 5.41 Å². The molecule has 1 aromatic heterocycles. The molecular formula is C18H14F3N3O2. The zero-order valence-corrected chi connectivity index (χ0v) is 13.9. The van der Waals surface area contributed by atoms with E-state index in [1.165, 1.54) is 25.4 Å². The lowest BCUT2D eigenvalue weighted by molar-refractivity contribution is -0.137. The fourth-order valence-corrected chi connectivity index (χ4v) is 2.47. The van der Waals surface area contributed by atoms with Crippen molar-refractivity contribution in [3.63, 3.8) is 0 Å². The van der Waals surface area contributed by atoms with E-state index in [1.54, 1.807) is 19.1 Å². The summed E-state index contributed by atoms with van der Waals surface area (Å²) < 4.78 is 50.2. The van der Waals surface area contributed by atoms with Gasteiger partial charge in [0.05, 0.1) is 12.7 Å². The smallest absolute Gasteiger partial charge is 0.416 e. The molecule has 2 aromatic rings. The number of halogens is 3. The van der Waals surface area contributed by atoms with Crippen molar-refractivity contribution < 1.29 is 22.6 Å². The van der Waals surface area contributed by atoms with Crippen LogP contribution in [0.25, 0.3) is 11.1 Å². The topological polar surface area (TPSA) is 67.6 Å². The largest absolute Gasteiger partial charge is 0.481 e. The van der Waals surface area contributed by atoms with Gasteiger partial charge >= 0.3 is 6.18 Å². The fraction of sp³-hybridized carbons (Fsp3) is 0.167. The van der Waals surface area contributed by atoms with Gasteiger partial charge in [-0.1, -0.05) is 0 Å². The minimum absolute atomic E-state index is 0.0232. The number of methoxy groups -OCH3 is 1. The molecule has 26 heavy (non-hydrogen) atoms. The number of aliphatic imine (C=N–C) groups is 1. The average molecular weight is 361 g/mol. The van der Waals surface area contributed by atoms with Gasteiger partial charge in [-0.15, -0.1) is 0 Å². The van der Waals surface area contributed by atoms with Crippen molar-refractivity contribution in [3.8, 4) is 22.8 Å². The SMILES string of the molecule is COc1ncccc1-c1ccc(C(F)(F)F)cc1OC1=NC(=N)C=C1C. The molecule has 0 saturated heterocycles. The van der Waals surface area contributed by atoms with Crippen molar-refractivity contribution in [2.75, 3.05) is 7.11 Å². The van der Waals surface area contributed by atoms with Crippen LogP contribution in [0.5, 0.6) is 11.6 Å². The Hall–Kier alpha value is -3.16. The quantitative estimate of drug-likeness (QED) is 0.876. The van der Waals surface area contributed by atoms with Gasteiger partial charge in [-0.3, -0.25) is 5.41 Å². The van der Waals surface area contributed by atoms with E-state index < -0.39 is 11.7 Å². The summed E-state index contributed by atoms with van der Waals surface area (Å²) in [6.45, 7) is 1.66. The summed E-state index contributed by atoms with van der Waals surface area (Å²) in [6, 6.07) is 6.49. The van der Waals surface area contributed by atoms with E-state index in [0.29, 0.717) is 16.7 Å². The molecule has 8 heteroatoms. The maximum Gasteiger partial charge on any atom is 0.416 e. The monoisotopic (exact) mass is 361 g/mol. The van der Waals surface area contributed by atoms with Gasteiger partial charge in [-0.25, -0.2) is 4.98 Å². The molecular weight excluding hydrogens is 347 g/mol. The lowest BCUT2D eigenvalue weighted by atomic mass is 10.0. The number of amidine groups is 1. The molecule has 1 aliphatic rings. The molecule has 5 nitrogen and oxygen atoms in total. The van der Waals surface area contributed by atoms with E-state index in [0.717, 1.165) is 12.1 Å². The van der Waals surface area contributed by atoms with E-state index in [1.807, 2.05) is 0 Å². The summed E-state index contributed by atoms with van der Waals surface area (Å²) in [5, 5.41) is 7.54. The van der Waals surface area contributed by atoms with Crippen molar-refractivity contribution in [2.45, 2.75) is 13.1 Å². The van der Waals surface area contributed by atoms with Crippen LogP contribution in [0.4, 0.5) is 13.2 Å². The van der Waals surface area contributed by atoms with Gasteiger partial charge in [0, 0.05) is 22.9 Å².